The number of halogens is 2. The summed E-state index contributed by atoms with van der Waals surface area (Å²) in [5.74, 6) is 1.63. The van der Waals surface area contributed by atoms with E-state index < -0.39 is 0 Å². The minimum Gasteiger partial charge on any atom is -0.481 e. The summed E-state index contributed by atoms with van der Waals surface area (Å²) in [6.07, 6.45) is 1.73. The van der Waals surface area contributed by atoms with Gasteiger partial charge in [0.25, 0.3) is 0 Å². The van der Waals surface area contributed by atoms with Crippen LogP contribution in [0.4, 0.5) is 0 Å². The number of ether oxygens (including phenoxy) is 2. The van der Waals surface area contributed by atoms with Gasteiger partial charge in [-0.15, -0.1) is 0 Å². The second kappa shape index (κ2) is 12.0. The molecule has 0 saturated heterocycles. The monoisotopic (exact) mass is 527 g/mol. The first-order valence-corrected chi connectivity index (χ1v) is 12.8. The molecule has 0 unspecified atom stereocenters. The molecule has 0 amide bonds. The summed E-state index contributed by atoms with van der Waals surface area (Å²) in [7, 11) is 1.63. The molecule has 2 aromatic heterocycles. The second-order valence-electron chi connectivity index (χ2n) is 8.32. The zero-order chi connectivity index (χ0) is 24.8. The highest BCUT2D eigenvalue weighted by molar-refractivity contribution is 7.99. The maximum absolute atomic E-state index is 6.29. The Morgan fingerprint density at radius 2 is 1.71 bits per heavy atom. The molecule has 0 aliphatic rings. The summed E-state index contributed by atoms with van der Waals surface area (Å²) in [5.41, 5.74) is 3.07. The van der Waals surface area contributed by atoms with Gasteiger partial charge in [0.05, 0.1) is 26.0 Å². The van der Waals surface area contributed by atoms with Crippen LogP contribution in [0.5, 0.6) is 5.88 Å². The average molecular weight is 529 g/mol. The maximum Gasteiger partial charge on any atom is 0.218 e. The van der Waals surface area contributed by atoms with Crippen molar-refractivity contribution >= 4 is 35.0 Å². The first-order valence-electron chi connectivity index (χ1n) is 11.3. The van der Waals surface area contributed by atoms with E-state index in [1.165, 1.54) is 0 Å². The summed E-state index contributed by atoms with van der Waals surface area (Å²) < 4.78 is 13.8. The minimum atomic E-state index is 0.206. The SMILES string of the molecule is COc1ncccc1Cn1c(COCc2ccccc2)nc(C(C)C)c1Sc1cc(Cl)cc(Cl)c1. The Morgan fingerprint density at radius 1 is 0.971 bits per heavy atom. The van der Waals surface area contributed by atoms with Crippen molar-refractivity contribution in [2.45, 2.75) is 49.4 Å². The Morgan fingerprint density at radius 3 is 2.40 bits per heavy atom. The highest BCUT2D eigenvalue weighted by atomic mass is 35.5. The van der Waals surface area contributed by atoms with Crippen LogP contribution < -0.4 is 4.74 Å². The third-order valence-corrected chi connectivity index (χ3v) is 6.87. The summed E-state index contributed by atoms with van der Waals surface area (Å²) in [5, 5.41) is 2.21. The Balaban J connectivity index is 1.72. The lowest BCUT2D eigenvalue weighted by molar-refractivity contribution is 0.0991. The van der Waals surface area contributed by atoms with Gasteiger partial charge in [0.1, 0.15) is 17.5 Å². The lowest BCUT2D eigenvalue weighted by Gasteiger charge is -2.15. The van der Waals surface area contributed by atoms with Gasteiger partial charge in [0.2, 0.25) is 5.88 Å². The van der Waals surface area contributed by atoms with E-state index in [2.05, 4.69) is 35.5 Å². The van der Waals surface area contributed by atoms with Crippen LogP contribution in [0.2, 0.25) is 10.0 Å². The zero-order valence-corrected chi connectivity index (χ0v) is 22.2. The molecule has 4 aromatic rings. The molecule has 5 nitrogen and oxygen atoms in total. The normalized spacial score (nSPS) is 11.3. The molecule has 0 fully saturated rings. The Hall–Kier alpha value is -2.51. The predicted octanol–water partition coefficient (Wildman–Crippen LogP) is 7.63. The van der Waals surface area contributed by atoms with Crippen molar-refractivity contribution in [3.8, 4) is 5.88 Å². The molecule has 0 atom stereocenters. The van der Waals surface area contributed by atoms with Crippen molar-refractivity contribution in [3.05, 3.63) is 99.6 Å². The molecular formula is C27H27Cl2N3O2S. The van der Waals surface area contributed by atoms with Crippen LogP contribution in [0.3, 0.4) is 0 Å². The van der Waals surface area contributed by atoms with E-state index in [0.29, 0.717) is 35.7 Å². The summed E-state index contributed by atoms with van der Waals surface area (Å²) in [6.45, 7) is 5.70. The van der Waals surface area contributed by atoms with Crippen molar-refractivity contribution < 1.29 is 9.47 Å². The summed E-state index contributed by atoms with van der Waals surface area (Å²) >= 11 is 14.2. The van der Waals surface area contributed by atoms with Gasteiger partial charge in [-0.05, 0) is 35.7 Å². The number of methoxy groups -OCH3 is 1. The highest BCUT2D eigenvalue weighted by Crippen LogP contribution is 2.38. The van der Waals surface area contributed by atoms with Gasteiger partial charge >= 0.3 is 0 Å². The number of nitrogens with zero attached hydrogens (tertiary/aromatic N) is 3. The van der Waals surface area contributed by atoms with E-state index >= 15 is 0 Å². The summed E-state index contributed by atoms with van der Waals surface area (Å²) in [6, 6.07) is 19.6. The number of aromatic nitrogens is 3. The fourth-order valence-electron chi connectivity index (χ4n) is 3.69. The van der Waals surface area contributed by atoms with Crippen molar-refractivity contribution in [2.75, 3.05) is 7.11 Å². The highest BCUT2D eigenvalue weighted by Gasteiger charge is 2.22. The van der Waals surface area contributed by atoms with Crippen LogP contribution in [-0.4, -0.2) is 21.6 Å². The van der Waals surface area contributed by atoms with Gasteiger partial charge in [-0.25, -0.2) is 9.97 Å². The fourth-order valence-corrected chi connectivity index (χ4v) is 5.61. The van der Waals surface area contributed by atoms with E-state index in [1.807, 2.05) is 42.5 Å². The first-order chi connectivity index (χ1) is 16.9. The van der Waals surface area contributed by atoms with E-state index in [1.54, 1.807) is 31.1 Å². The van der Waals surface area contributed by atoms with Gasteiger partial charge in [-0.3, -0.25) is 0 Å². The van der Waals surface area contributed by atoms with Crippen LogP contribution in [0.15, 0.2) is 76.8 Å². The second-order valence-corrected chi connectivity index (χ2v) is 10.3. The number of benzene rings is 2. The van der Waals surface area contributed by atoms with Crippen molar-refractivity contribution in [1.29, 1.82) is 0 Å². The molecule has 0 spiro atoms. The van der Waals surface area contributed by atoms with E-state index in [9.17, 15) is 0 Å². The Bertz CT molecular complexity index is 1260. The van der Waals surface area contributed by atoms with Crippen LogP contribution in [0.25, 0.3) is 0 Å². The van der Waals surface area contributed by atoms with Crippen LogP contribution >= 0.6 is 35.0 Å². The molecular weight excluding hydrogens is 501 g/mol. The number of rotatable bonds is 10. The van der Waals surface area contributed by atoms with Crippen molar-refractivity contribution in [2.24, 2.45) is 0 Å². The fraction of sp³-hybridized carbons (Fsp3) is 0.259. The maximum atomic E-state index is 6.29. The van der Waals surface area contributed by atoms with Crippen LogP contribution in [-0.2, 0) is 24.5 Å². The third-order valence-electron chi connectivity index (χ3n) is 5.34. The summed E-state index contributed by atoms with van der Waals surface area (Å²) in [4.78, 5) is 10.3. The lowest BCUT2D eigenvalue weighted by Crippen LogP contribution is -2.10. The molecule has 0 radical (unpaired) electrons. The molecule has 35 heavy (non-hydrogen) atoms. The van der Waals surface area contributed by atoms with Crippen molar-refractivity contribution in [3.63, 3.8) is 0 Å². The zero-order valence-electron chi connectivity index (χ0n) is 19.9. The number of pyridine rings is 1. The van der Waals surface area contributed by atoms with Gasteiger partial charge in [-0.2, -0.15) is 0 Å². The van der Waals surface area contributed by atoms with Gasteiger partial charge < -0.3 is 14.0 Å². The smallest absolute Gasteiger partial charge is 0.218 e. The number of imidazole rings is 1. The van der Waals surface area contributed by atoms with Crippen molar-refractivity contribution in [1.82, 2.24) is 14.5 Å². The first kappa shape index (κ1) is 25.6. The molecule has 0 aliphatic carbocycles. The topological polar surface area (TPSA) is 49.2 Å². The molecule has 0 N–H and O–H groups in total. The van der Waals surface area contributed by atoms with Gasteiger partial charge in [0, 0.05) is 26.7 Å². The molecule has 0 aliphatic heterocycles. The van der Waals surface area contributed by atoms with Crippen LogP contribution in [0.1, 0.15) is 42.4 Å². The molecule has 4 rings (SSSR count). The molecule has 0 bridgehead atoms. The molecule has 8 heteroatoms. The molecule has 2 heterocycles. The molecule has 2 aromatic carbocycles. The third kappa shape index (κ3) is 6.58. The Kier molecular flexibility index (Phi) is 8.74. The standard InChI is InChI=1S/C27H27Cl2N3O2S/c1-18(2)25-27(35-23-13-21(28)12-22(29)14-23)32(15-20-10-7-11-30-26(20)33-3)24(31-25)17-34-16-19-8-5-4-6-9-19/h4-14,18H,15-17H2,1-3H3. The number of hydrogen-bond acceptors (Lipinski definition) is 5. The van der Waals surface area contributed by atoms with E-state index in [0.717, 1.165) is 32.6 Å². The molecule has 182 valence electrons. The van der Waals surface area contributed by atoms with Crippen LogP contribution in [0, 0.1) is 0 Å². The minimum absolute atomic E-state index is 0.206. The van der Waals surface area contributed by atoms with Gasteiger partial charge in [-0.1, -0.05) is 85.2 Å². The Labute approximate surface area is 220 Å². The van der Waals surface area contributed by atoms with E-state index in [-0.39, 0.29) is 5.92 Å². The average Bonchev–Trinajstić information content (AvgIpc) is 3.16. The molecule has 0 saturated carbocycles. The quantitative estimate of drug-likeness (QED) is 0.212. The lowest BCUT2D eigenvalue weighted by atomic mass is 10.1. The van der Waals surface area contributed by atoms with Gasteiger partial charge in [0.15, 0.2) is 0 Å². The number of hydrogen-bond donors (Lipinski definition) is 0. The largest absolute Gasteiger partial charge is 0.481 e. The predicted molar refractivity (Wildman–Crippen MR) is 142 cm³/mol. The van der Waals surface area contributed by atoms with E-state index in [4.69, 9.17) is 37.7 Å².